The third-order valence-corrected chi connectivity index (χ3v) is 7.16. The third-order valence-electron chi connectivity index (χ3n) is 7.16. The van der Waals surface area contributed by atoms with Crippen LogP contribution in [-0.4, -0.2) is 50.1 Å². The number of aldehydes is 2. The van der Waals surface area contributed by atoms with Crippen molar-refractivity contribution in [1.29, 1.82) is 0 Å². The number of carbonyl (C=O) groups excluding carboxylic acids is 2. The van der Waals surface area contributed by atoms with Gasteiger partial charge < -0.3 is 24.3 Å². The van der Waals surface area contributed by atoms with E-state index in [4.69, 9.17) is 0 Å². The SMILES string of the molecule is CCc1c(Cn2cc(CCCO)c(C)c2C=O)[nH]c(Cn2cc(CCCO)c(C)c2C=O)c1CC. The molecule has 3 heterocycles. The number of aliphatic hydroxyl groups excluding tert-OH is 2. The minimum absolute atomic E-state index is 0.129. The summed E-state index contributed by atoms with van der Waals surface area (Å²) < 4.78 is 4.01. The summed E-state index contributed by atoms with van der Waals surface area (Å²) in [5.74, 6) is 0. The number of rotatable bonds is 14. The van der Waals surface area contributed by atoms with E-state index in [1.807, 2.05) is 35.4 Å². The number of aromatic amines is 1. The molecule has 0 aromatic carbocycles. The van der Waals surface area contributed by atoms with Gasteiger partial charge in [-0.25, -0.2) is 0 Å². The van der Waals surface area contributed by atoms with E-state index < -0.39 is 0 Å². The second-order valence-corrected chi connectivity index (χ2v) is 9.22. The van der Waals surface area contributed by atoms with Crippen LogP contribution in [0.4, 0.5) is 0 Å². The summed E-state index contributed by atoms with van der Waals surface area (Å²) in [5.41, 5.74) is 10.2. The predicted octanol–water partition coefficient (Wildman–Crippen LogP) is 3.93. The first kappa shape index (κ1) is 26.7. The largest absolute Gasteiger partial charge is 0.396 e. The van der Waals surface area contributed by atoms with Crippen LogP contribution in [0.5, 0.6) is 0 Å². The average Bonchev–Trinajstić information content (AvgIpc) is 3.46. The zero-order valence-corrected chi connectivity index (χ0v) is 21.5. The molecule has 3 aromatic rings. The molecule has 0 radical (unpaired) electrons. The van der Waals surface area contributed by atoms with Gasteiger partial charge in [-0.3, -0.25) is 9.59 Å². The first-order chi connectivity index (χ1) is 16.9. The lowest BCUT2D eigenvalue weighted by molar-refractivity contribution is 0.110. The third kappa shape index (κ3) is 5.52. The van der Waals surface area contributed by atoms with Crippen molar-refractivity contribution >= 4 is 12.6 Å². The van der Waals surface area contributed by atoms with Gasteiger partial charge in [0.15, 0.2) is 12.6 Å². The molecule has 0 aliphatic rings. The number of hydrogen-bond donors (Lipinski definition) is 3. The van der Waals surface area contributed by atoms with E-state index in [9.17, 15) is 19.8 Å². The van der Waals surface area contributed by atoms with Gasteiger partial charge >= 0.3 is 0 Å². The van der Waals surface area contributed by atoms with Gasteiger partial charge in [-0.2, -0.15) is 0 Å². The fourth-order valence-corrected chi connectivity index (χ4v) is 5.25. The molecule has 0 spiro atoms. The fourth-order valence-electron chi connectivity index (χ4n) is 5.25. The van der Waals surface area contributed by atoms with E-state index in [2.05, 4.69) is 18.8 Å². The first-order valence-corrected chi connectivity index (χ1v) is 12.6. The molecule has 0 saturated carbocycles. The van der Waals surface area contributed by atoms with Gasteiger partial charge in [-0.05, 0) is 85.8 Å². The highest BCUT2D eigenvalue weighted by Crippen LogP contribution is 2.26. The number of aryl methyl sites for hydroxylation is 2. The quantitative estimate of drug-likeness (QED) is 0.304. The molecule has 3 N–H and O–H groups in total. The van der Waals surface area contributed by atoms with Crippen LogP contribution in [0, 0.1) is 13.8 Å². The number of nitrogens with one attached hydrogen (secondary N) is 1. The molecule has 7 heteroatoms. The van der Waals surface area contributed by atoms with Crippen LogP contribution in [0.15, 0.2) is 12.4 Å². The maximum atomic E-state index is 11.9. The average molecular weight is 482 g/mol. The lowest BCUT2D eigenvalue weighted by Gasteiger charge is -2.08. The summed E-state index contributed by atoms with van der Waals surface area (Å²) in [7, 11) is 0. The lowest BCUT2D eigenvalue weighted by Crippen LogP contribution is -2.06. The molecule has 0 amide bonds. The molecule has 7 nitrogen and oxygen atoms in total. The molecule has 3 aromatic heterocycles. The molecular formula is C28H39N3O4. The molecule has 0 fully saturated rings. The standard InChI is InChI=1S/C28H39N3O4/c1-5-23-24(6-2)26(16-31-14-22(10-8-12-33)20(4)28(31)18-35)29-25(23)15-30-13-21(9-7-11-32)19(3)27(30)17-34/h13-14,17-18,29,32-33H,5-12,15-16H2,1-4H3. The Morgan fingerprint density at radius 1 is 0.771 bits per heavy atom. The number of carbonyl (C=O) groups is 2. The topological polar surface area (TPSA) is 100 Å². The molecular weight excluding hydrogens is 442 g/mol. The Hall–Kier alpha value is -2.90. The van der Waals surface area contributed by atoms with E-state index in [-0.39, 0.29) is 13.2 Å². The number of nitrogens with zero attached hydrogens (tertiary/aromatic N) is 2. The molecule has 35 heavy (non-hydrogen) atoms. The van der Waals surface area contributed by atoms with Gasteiger partial charge in [0.1, 0.15) is 0 Å². The number of aromatic nitrogens is 3. The Kier molecular flexibility index (Phi) is 9.29. The summed E-state index contributed by atoms with van der Waals surface area (Å²) in [6.45, 7) is 9.62. The van der Waals surface area contributed by atoms with Crippen LogP contribution in [0.2, 0.25) is 0 Å². The molecule has 0 aliphatic heterocycles. The highest BCUT2D eigenvalue weighted by atomic mass is 16.3. The Bertz CT molecular complexity index is 1080. The molecule has 3 rings (SSSR count). The Labute approximate surface area is 207 Å². The second-order valence-electron chi connectivity index (χ2n) is 9.22. The van der Waals surface area contributed by atoms with Crippen LogP contribution < -0.4 is 0 Å². The summed E-state index contributed by atoms with van der Waals surface area (Å²) in [4.78, 5) is 27.4. The molecule has 0 saturated heterocycles. The summed E-state index contributed by atoms with van der Waals surface area (Å²) in [6.07, 6.45) is 10.5. The second kappa shape index (κ2) is 12.2. The van der Waals surface area contributed by atoms with Gasteiger partial charge in [-0.15, -0.1) is 0 Å². The number of aliphatic hydroxyl groups is 2. The van der Waals surface area contributed by atoms with Gasteiger partial charge in [0.25, 0.3) is 0 Å². The van der Waals surface area contributed by atoms with E-state index in [1.165, 1.54) is 11.1 Å². The van der Waals surface area contributed by atoms with Crippen molar-refractivity contribution in [2.24, 2.45) is 0 Å². The van der Waals surface area contributed by atoms with Crippen LogP contribution in [-0.2, 0) is 38.8 Å². The van der Waals surface area contributed by atoms with Crippen molar-refractivity contribution in [2.75, 3.05) is 13.2 Å². The van der Waals surface area contributed by atoms with Gasteiger partial charge in [0.2, 0.25) is 0 Å². The van der Waals surface area contributed by atoms with E-state index in [0.29, 0.717) is 37.3 Å². The van der Waals surface area contributed by atoms with Gasteiger partial charge in [0, 0.05) is 37.0 Å². The lowest BCUT2D eigenvalue weighted by atomic mass is 10.0. The minimum atomic E-state index is 0.129. The highest BCUT2D eigenvalue weighted by molar-refractivity contribution is 5.76. The zero-order valence-electron chi connectivity index (χ0n) is 21.5. The van der Waals surface area contributed by atoms with Crippen molar-refractivity contribution in [3.63, 3.8) is 0 Å². The van der Waals surface area contributed by atoms with Crippen molar-refractivity contribution in [3.05, 3.63) is 68.6 Å². The highest BCUT2D eigenvalue weighted by Gasteiger charge is 2.20. The van der Waals surface area contributed by atoms with Crippen molar-refractivity contribution in [1.82, 2.24) is 14.1 Å². The normalized spacial score (nSPS) is 11.4. The van der Waals surface area contributed by atoms with E-state index in [0.717, 1.165) is 71.9 Å². The molecule has 0 aliphatic carbocycles. The van der Waals surface area contributed by atoms with Crippen molar-refractivity contribution in [3.8, 4) is 0 Å². The first-order valence-electron chi connectivity index (χ1n) is 12.6. The summed E-state index contributed by atoms with van der Waals surface area (Å²) in [5, 5.41) is 18.4. The van der Waals surface area contributed by atoms with Crippen LogP contribution in [0.3, 0.4) is 0 Å². The van der Waals surface area contributed by atoms with Gasteiger partial charge in [0.05, 0.1) is 24.5 Å². The van der Waals surface area contributed by atoms with Crippen LogP contribution >= 0.6 is 0 Å². The summed E-state index contributed by atoms with van der Waals surface area (Å²) >= 11 is 0. The van der Waals surface area contributed by atoms with Crippen molar-refractivity contribution < 1.29 is 19.8 Å². The molecule has 0 atom stereocenters. The molecule has 0 unspecified atom stereocenters. The fraction of sp³-hybridized carbons (Fsp3) is 0.500. The summed E-state index contributed by atoms with van der Waals surface area (Å²) in [6, 6.07) is 0. The van der Waals surface area contributed by atoms with Crippen molar-refractivity contribution in [2.45, 2.75) is 79.3 Å². The van der Waals surface area contributed by atoms with Crippen LogP contribution in [0.25, 0.3) is 0 Å². The maximum absolute atomic E-state index is 11.9. The molecule has 0 bridgehead atoms. The van der Waals surface area contributed by atoms with Gasteiger partial charge in [-0.1, -0.05) is 13.8 Å². The maximum Gasteiger partial charge on any atom is 0.166 e. The number of hydrogen-bond acceptors (Lipinski definition) is 4. The van der Waals surface area contributed by atoms with E-state index >= 15 is 0 Å². The van der Waals surface area contributed by atoms with Crippen LogP contribution in [0.1, 0.15) is 92.4 Å². The Balaban J connectivity index is 1.98. The Morgan fingerprint density at radius 2 is 1.17 bits per heavy atom. The minimum Gasteiger partial charge on any atom is -0.396 e. The smallest absolute Gasteiger partial charge is 0.166 e. The Morgan fingerprint density at radius 3 is 1.49 bits per heavy atom. The monoisotopic (exact) mass is 481 g/mol. The predicted molar refractivity (Wildman–Crippen MR) is 138 cm³/mol. The zero-order chi connectivity index (χ0) is 25.5. The number of H-pyrrole nitrogens is 1. The van der Waals surface area contributed by atoms with E-state index in [1.54, 1.807) is 0 Å². The molecule has 190 valence electrons.